The van der Waals surface area contributed by atoms with Crippen LogP contribution in [0.4, 0.5) is 5.69 Å². The van der Waals surface area contributed by atoms with Gasteiger partial charge in [0.2, 0.25) is 9.04 Å². The summed E-state index contributed by atoms with van der Waals surface area (Å²) in [6.07, 6.45) is 0. The van der Waals surface area contributed by atoms with E-state index in [0.717, 1.165) is 5.69 Å². The lowest BCUT2D eigenvalue weighted by molar-refractivity contribution is 0.308. The lowest BCUT2D eigenvalue weighted by Gasteiger charge is -2.31. The van der Waals surface area contributed by atoms with E-state index in [2.05, 4.69) is 64.2 Å². The molecule has 2 aromatic carbocycles. The number of nitrogen functional groups attached to an aromatic ring is 1. The molecule has 1 aliphatic rings. The summed E-state index contributed by atoms with van der Waals surface area (Å²) in [7, 11) is -0.740. The molecule has 0 saturated heterocycles. The number of hydrogen-bond acceptors (Lipinski definition) is 2. The van der Waals surface area contributed by atoms with Gasteiger partial charge in [-0.25, -0.2) is 0 Å². The molecule has 0 bridgehead atoms. The van der Waals surface area contributed by atoms with E-state index in [-0.39, 0.29) is 5.41 Å². The number of rotatable bonds is 3. The van der Waals surface area contributed by atoms with Crippen molar-refractivity contribution in [2.75, 3.05) is 5.73 Å². The fraction of sp³-hybridized carbons (Fsp3) is 0.400. The molecular weight excluding hydrogens is 298 g/mol. The fourth-order valence-corrected chi connectivity index (χ4v) is 4.11. The Labute approximate surface area is 141 Å². The van der Waals surface area contributed by atoms with Crippen LogP contribution in [0.15, 0.2) is 36.4 Å². The summed E-state index contributed by atoms with van der Waals surface area (Å²) >= 11 is 0. The molecule has 0 saturated carbocycles. The molecule has 0 aliphatic heterocycles. The van der Waals surface area contributed by atoms with Crippen LogP contribution in [0.5, 0.6) is 0 Å². The highest BCUT2D eigenvalue weighted by atomic mass is 28.3. The summed E-state index contributed by atoms with van der Waals surface area (Å²) in [5.74, 6) is 0.361. The largest absolute Gasteiger partial charge is 0.413 e. The normalized spacial score (nSPS) is 16.5. The zero-order chi connectivity index (χ0) is 16.8. The molecule has 3 heteroatoms. The van der Waals surface area contributed by atoms with E-state index >= 15 is 0 Å². The first-order chi connectivity index (χ1) is 10.8. The minimum absolute atomic E-state index is 0.135. The molecular formula is C20H26NOSi. The molecule has 2 aromatic rings. The Hall–Kier alpha value is -1.58. The molecule has 3 rings (SSSR count). The second-order valence-corrected chi connectivity index (χ2v) is 9.78. The van der Waals surface area contributed by atoms with Gasteiger partial charge in [-0.1, -0.05) is 51.1 Å². The summed E-state index contributed by atoms with van der Waals surface area (Å²) in [4.78, 5) is 0. The highest BCUT2D eigenvalue weighted by Gasteiger charge is 2.38. The van der Waals surface area contributed by atoms with Gasteiger partial charge in [0.15, 0.2) is 0 Å². The summed E-state index contributed by atoms with van der Waals surface area (Å²) in [5.41, 5.74) is 14.0. The highest BCUT2D eigenvalue weighted by molar-refractivity contribution is 6.48. The number of benzene rings is 2. The summed E-state index contributed by atoms with van der Waals surface area (Å²) < 4.78 is 6.02. The van der Waals surface area contributed by atoms with Gasteiger partial charge < -0.3 is 10.2 Å². The van der Waals surface area contributed by atoms with Crippen molar-refractivity contribution in [1.82, 2.24) is 0 Å². The predicted molar refractivity (Wildman–Crippen MR) is 99.9 cm³/mol. The van der Waals surface area contributed by atoms with Crippen LogP contribution in [0.25, 0.3) is 11.1 Å². The van der Waals surface area contributed by atoms with Gasteiger partial charge in [-0.3, -0.25) is 0 Å². The Kier molecular flexibility index (Phi) is 4.11. The van der Waals surface area contributed by atoms with E-state index in [1.54, 1.807) is 0 Å². The molecule has 0 amide bonds. The van der Waals surface area contributed by atoms with E-state index in [0.29, 0.717) is 12.5 Å². The monoisotopic (exact) mass is 324 g/mol. The smallest absolute Gasteiger partial charge is 0.205 e. The van der Waals surface area contributed by atoms with Crippen molar-refractivity contribution in [3.8, 4) is 11.1 Å². The Bertz CT molecular complexity index is 731. The zero-order valence-corrected chi connectivity index (χ0v) is 15.7. The van der Waals surface area contributed by atoms with Crippen LogP contribution in [0.2, 0.25) is 13.1 Å². The van der Waals surface area contributed by atoms with Crippen molar-refractivity contribution in [3.63, 3.8) is 0 Å². The molecule has 0 fully saturated rings. The number of fused-ring (bicyclic) bond motifs is 3. The van der Waals surface area contributed by atoms with Crippen molar-refractivity contribution < 1.29 is 4.43 Å². The molecule has 1 radical (unpaired) electrons. The molecule has 1 unspecified atom stereocenters. The third-order valence-electron chi connectivity index (χ3n) is 4.62. The SMILES string of the molecule is C[Si](C)OCc1c(N)ccc2c1C(C(C)(C)C)c1ccccc1-2. The molecule has 121 valence electrons. The van der Waals surface area contributed by atoms with E-state index in [9.17, 15) is 0 Å². The first-order valence-electron chi connectivity index (χ1n) is 8.24. The molecule has 2 N–H and O–H groups in total. The summed E-state index contributed by atoms with van der Waals surface area (Å²) in [6, 6.07) is 13.0. The van der Waals surface area contributed by atoms with Crippen LogP contribution in [0.1, 0.15) is 43.4 Å². The predicted octanol–water partition coefficient (Wildman–Crippen LogP) is 5.19. The van der Waals surface area contributed by atoms with Gasteiger partial charge in [0.05, 0.1) is 6.61 Å². The van der Waals surface area contributed by atoms with Crippen LogP contribution in [0.3, 0.4) is 0 Å². The van der Waals surface area contributed by atoms with Crippen LogP contribution in [-0.2, 0) is 11.0 Å². The first kappa shape index (κ1) is 16.3. The van der Waals surface area contributed by atoms with E-state index in [4.69, 9.17) is 10.2 Å². The Morgan fingerprint density at radius 1 is 1.04 bits per heavy atom. The molecule has 1 atom stereocenters. The third-order valence-corrected chi connectivity index (χ3v) is 5.34. The van der Waals surface area contributed by atoms with Gasteiger partial charge in [-0.2, -0.15) is 0 Å². The van der Waals surface area contributed by atoms with Crippen LogP contribution in [-0.4, -0.2) is 9.04 Å². The average molecular weight is 325 g/mol. The van der Waals surface area contributed by atoms with E-state index in [1.807, 2.05) is 6.07 Å². The quantitative estimate of drug-likeness (QED) is 0.622. The van der Waals surface area contributed by atoms with Crippen LogP contribution < -0.4 is 5.73 Å². The van der Waals surface area contributed by atoms with Crippen molar-refractivity contribution >= 4 is 14.7 Å². The van der Waals surface area contributed by atoms with Gasteiger partial charge in [-0.05, 0) is 46.8 Å². The lowest BCUT2D eigenvalue weighted by atomic mass is 9.74. The lowest BCUT2D eigenvalue weighted by Crippen LogP contribution is -2.20. The first-order valence-corrected chi connectivity index (χ1v) is 10.6. The maximum atomic E-state index is 6.35. The van der Waals surface area contributed by atoms with E-state index < -0.39 is 9.04 Å². The summed E-state index contributed by atoms with van der Waals surface area (Å²) in [6.45, 7) is 11.9. The minimum atomic E-state index is -0.740. The molecule has 2 nitrogen and oxygen atoms in total. The van der Waals surface area contributed by atoms with Crippen molar-refractivity contribution in [1.29, 1.82) is 0 Å². The molecule has 0 heterocycles. The summed E-state index contributed by atoms with van der Waals surface area (Å²) in [5, 5.41) is 0. The van der Waals surface area contributed by atoms with Crippen LogP contribution >= 0.6 is 0 Å². The van der Waals surface area contributed by atoms with Crippen LogP contribution in [0, 0.1) is 5.41 Å². The molecule has 23 heavy (non-hydrogen) atoms. The maximum absolute atomic E-state index is 6.35. The topological polar surface area (TPSA) is 35.2 Å². The second kappa shape index (κ2) is 5.80. The standard InChI is InChI=1S/C20H26NOSi/c1-20(2,3)19-15-9-7-6-8-13(15)14-10-11-17(21)16(18(14)19)12-22-23(4)5/h6-11,19H,12,21H2,1-5H3. The van der Waals surface area contributed by atoms with Crippen molar-refractivity contribution in [3.05, 3.63) is 53.1 Å². The molecule has 1 aliphatic carbocycles. The van der Waals surface area contributed by atoms with E-state index in [1.165, 1.54) is 27.8 Å². The Balaban J connectivity index is 2.22. The second-order valence-electron chi connectivity index (χ2n) is 7.68. The average Bonchev–Trinajstić information content (AvgIpc) is 2.80. The molecule has 0 spiro atoms. The Morgan fingerprint density at radius 2 is 1.74 bits per heavy atom. The maximum Gasteiger partial charge on any atom is 0.205 e. The Morgan fingerprint density at radius 3 is 2.39 bits per heavy atom. The van der Waals surface area contributed by atoms with Crippen molar-refractivity contribution in [2.24, 2.45) is 5.41 Å². The van der Waals surface area contributed by atoms with Gasteiger partial charge in [-0.15, -0.1) is 0 Å². The molecule has 0 aromatic heterocycles. The van der Waals surface area contributed by atoms with Gasteiger partial charge >= 0.3 is 0 Å². The van der Waals surface area contributed by atoms with Gasteiger partial charge in [0.1, 0.15) is 0 Å². The minimum Gasteiger partial charge on any atom is -0.413 e. The zero-order valence-electron chi connectivity index (χ0n) is 14.7. The highest BCUT2D eigenvalue weighted by Crippen LogP contribution is 2.54. The number of nitrogens with two attached hydrogens (primary N) is 1. The third kappa shape index (κ3) is 2.84. The number of hydrogen-bond donors (Lipinski definition) is 1. The van der Waals surface area contributed by atoms with Crippen molar-refractivity contribution in [2.45, 2.75) is 46.4 Å². The van der Waals surface area contributed by atoms with Gasteiger partial charge in [0.25, 0.3) is 0 Å². The van der Waals surface area contributed by atoms with Gasteiger partial charge in [0, 0.05) is 17.2 Å². The fourth-order valence-electron chi connectivity index (χ4n) is 3.67. The number of anilines is 1.